The van der Waals surface area contributed by atoms with Crippen molar-refractivity contribution in [2.45, 2.75) is 64.2 Å². The monoisotopic (exact) mass is 454 g/mol. The summed E-state index contributed by atoms with van der Waals surface area (Å²) in [5.74, 6) is 5.73. The summed E-state index contributed by atoms with van der Waals surface area (Å²) in [6.07, 6.45) is 4.06. The van der Waals surface area contributed by atoms with Crippen LogP contribution in [-0.2, 0) is 23.7 Å². The van der Waals surface area contributed by atoms with Gasteiger partial charge >= 0.3 is 0 Å². The van der Waals surface area contributed by atoms with Gasteiger partial charge in [-0.15, -0.1) is 0 Å². The molecule has 0 spiro atoms. The van der Waals surface area contributed by atoms with E-state index in [9.17, 15) is 0 Å². The third-order valence-corrected chi connectivity index (χ3v) is 6.45. The molecule has 0 fully saturated rings. The molecule has 0 saturated heterocycles. The normalized spacial score (nSPS) is 12.9. The SMILES string of the molecule is CN(C)CCCc1ccc(C(C)(C)c2ccc(C(C)(C)c3ccc(CCCN(C)C)o3)o2)o1. The predicted octanol–water partition coefficient (Wildman–Crippen LogP) is 6.11. The summed E-state index contributed by atoms with van der Waals surface area (Å²) in [5, 5.41) is 0. The lowest BCUT2D eigenvalue weighted by molar-refractivity contribution is 0.305. The third-order valence-electron chi connectivity index (χ3n) is 6.45. The third kappa shape index (κ3) is 6.21. The van der Waals surface area contributed by atoms with E-state index in [4.69, 9.17) is 13.3 Å². The van der Waals surface area contributed by atoms with Crippen molar-refractivity contribution in [3.05, 3.63) is 71.0 Å². The van der Waals surface area contributed by atoms with Crippen molar-refractivity contribution in [1.82, 2.24) is 9.80 Å². The number of hydrogen-bond donors (Lipinski definition) is 0. The van der Waals surface area contributed by atoms with Crippen molar-refractivity contribution in [1.29, 1.82) is 0 Å². The maximum atomic E-state index is 6.43. The smallest absolute Gasteiger partial charge is 0.117 e. The molecule has 5 nitrogen and oxygen atoms in total. The maximum absolute atomic E-state index is 6.43. The molecule has 3 aromatic rings. The molecule has 0 unspecified atom stereocenters. The molecule has 0 aliphatic carbocycles. The van der Waals surface area contributed by atoms with E-state index < -0.39 is 0 Å². The Labute approximate surface area is 199 Å². The van der Waals surface area contributed by atoms with Crippen LogP contribution in [0, 0.1) is 0 Å². The maximum Gasteiger partial charge on any atom is 0.117 e. The lowest BCUT2D eigenvalue weighted by Gasteiger charge is -2.22. The van der Waals surface area contributed by atoms with Crippen LogP contribution in [0.3, 0.4) is 0 Å². The van der Waals surface area contributed by atoms with Crippen molar-refractivity contribution >= 4 is 0 Å². The average molecular weight is 455 g/mol. The summed E-state index contributed by atoms with van der Waals surface area (Å²) >= 11 is 0. The van der Waals surface area contributed by atoms with Gasteiger partial charge in [0.05, 0.1) is 10.8 Å². The minimum absolute atomic E-state index is 0.353. The molecule has 0 aliphatic heterocycles. The van der Waals surface area contributed by atoms with Gasteiger partial charge in [-0.05, 0) is 118 Å². The predicted molar refractivity (Wildman–Crippen MR) is 134 cm³/mol. The zero-order valence-corrected chi connectivity index (χ0v) is 21.8. The molecule has 0 saturated carbocycles. The second-order valence-electron chi connectivity index (χ2n) is 10.8. The Balaban J connectivity index is 1.71. The van der Waals surface area contributed by atoms with Crippen LogP contribution in [0.2, 0.25) is 0 Å². The van der Waals surface area contributed by atoms with Crippen LogP contribution >= 0.6 is 0 Å². The van der Waals surface area contributed by atoms with E-state index >= 15 is 0 Å². The lowest BCUT2D eigenvalue weighted by atomic mass is 9.87. The summed E-state index contributed by atoms with van der Waals surface area (Å²) in [6, 6.07) is 12.5. The molecule has 3 rings (SSSR count). The second kappa shape index (κ2) is 10.4. The van der Waals surface area contributed by atoms with Gasteiger partial charge in [0.25, 0.3) is 0 Å². The first-order valence-corrected chi connectivity index (χ1v) is 12.1. The van der Waals surface area contributed by atoms with Crippen LogP contribution in [0.1, 0.15) is 75.1 Å². The van der Waals surface area contributed by atoms with Crippen molar-refractivity contribution < 1.29 is 13.3 Å². The van der Waals surface area contributed by atoms with E-state index in [1.807, 2.05) is 0 Å². The summed E-state index contributed by atoms with van der Waals surface area (Å²) in [6.45, 7) is 10.7. The van der Waals surface area contributed by atoms with Crippen molar-refractivity contribution in [2.24, 2.45) is 0 Å². The highest BCUT2D eigenvalue weighted by molar-refractivity contribution is 5.32. The number of nitrogens with zero attached hydrogens (tertiary/aromatic N) is 2. The van der Waals surface area contributed by atoms with Crippen LogP contribution < -0.4 is 0 Å². The highest BCUT2D eigenvalue weighted by Crippen LogP contribution is 2.39. The first-order chi connectivity index (χ1) is 15.5. The molecule has 0 radical (unpaired) electrons. The van der Waals surface area contributed by atoms with E-state index in [0.717, 1.165) is 73.3 Å². The van der Waals surface area contributed by atoms with E-state index in [1.54, 1.807) is 0 Å². The van der Waals surface area contributed by atoms with Crippen molar-refractivity contribution in [2.75, 3.05) is 41.3 Å². The quantitative estimate of drug-likeness (QED) is 0.331. The molecule has 33 heavy (non-hydrogen) atoms. The Morgan fingerprint density at radius 2 is 0.879 bits per heavy atom. The number of hydrogen-bond acceptors (Lipinski definition) is 5. The van der Waals surface area contributed by atoms with E-state index in [2.05, 4.69) is 102 Å². The van der Waals surface area contributed by atoms with Crippen molar-refractivity contribution in [3.63, 3.8) is 0 Å². The Bertz CT molecular complexity index is 925. The minimum atomic E-state index is -0.353. The van der Waals surface area contributed by atoms with Crippen LogP contribution in [0.15, 0.2) is 49.6 Å². The first kappa shape index (κ1) is 25.4. The molecule has 5 heteroatoms. The van der Waals surface area contributed by atoms with Crippen molar-refractivity contribution in [3.8, 4) is 0 Å². The van der Waals surface area contributed by atoms with Gasteiger partial charge in [0.1, 0.15) is 34.6 Å². The molecule has 0 amide bonds. The van der Waals surface area contributed by atoms with E-state index in [-0.39, 0.29) is 10.8 Å². The molecule has 182 valence electrons. The highest BCUT2D eigenvalue weighted by Gasteiger charge is 2.35. The van der Waals surface area contributed by atoms with E-state index in [1.165, 1.54) is 0 Å². The van der Waals surface area contributed by atoms with Crippen LogP contribution in [0.5, 0.6) is 0 Å². The van der Waals surface area contributed by atoms with Gasteiger partial charge in [0.15, 0.2) is 0 Å². The molecule has 3 heterocycles. The molecule has 0 N–H and O–H groups in total. The standard InChI is InChI=1S/C28H42N2O3/c1-27(2,23-15-13-21(31-23)11-9-19-29(5)6)25-17-18-26(33-25)28(3,4)24-16-14-22(32-24)12-10-20-30(7)8/h13-18H,9-12,19-20H2,1-8H3. The fourth-order valence-electron chi connectivity index (χ4n) is 4.09. The highest BCUT2D eigenvalue weighted by atomic mass is 16.4. The van der Waals surface area contributed by atoms with Gasteiger partial charge in [0.2, 0.25) is 0 Å². The van der Waals surface area contributed by atoms with E-state index in [0.29, 0.717) is 0 Å². The van der Waals surface area contributed by atoms with Crippen LogP contribution in [0.4, 0.5) is 0 Å². The fourth-order valence-corrected chi connectivity index (χ4v) is 4.09. The van der Waals surface area contributed by atoms with Gasteiger partial charge in [-0.1, -0.05) is 0 Å². The number of furan rings is 3. The molecular formula is C28H42N2O3. The van der Waals surface area contributed by atoms with Gasteiger partial charge in [0, 0.05) is 12.8 Å². The minimum Gasteiger partial charge on any atom is -0.465 e. The fraction of sp³-hybridized carbons (Fsp3) is 0.571. The summed E-state index contributed by atoms with van der Waals surface area (Å²) < 4.78 is 18.9. The van der Waals surface area contributed by atoms with Crippen LogP contribution in [0.25, 0.3) is 0 Å². The number of rotatable bonds is 12. The summed E-state index contributed by atoms with van der Waals surface area (Å²) in [5.41, 5.74) is -0.705. The molecular weight excluding hydrogens is 412 g/mol. The summed E-state index contributed by atoms with van der Waals surface area (Å²) in [7, 11) is 8.39. The second-order valence-corrected chi connectivity index (χ2v) is 10.8. The Morgan fingerprint density at radius 3 is 1.24 bits per heavy atom. The average Bonchev–Trinajstić information content (AvgIpc) is 3.48. The Kier molecular flexibility index (Phi) is 7.96. The molecule has 0 atom stereocenters. The van der Waals surface area contributed by atoms with Gasteiger partial charge < -0.3 is 23.1 Å². The molecule has 0 aliphatic rings. The lowest BCUT2D eigenvalue weighted by Crippen LogP contribution is -2.19. The number of aryl methyl sites for hydroxylation is 2. The van der Waals surface area contributed by atoms with Crippen LogP contribution in [-0.4, -0.2) is 51.1 Å². The zero-order chi connectivity index (χ0) is 24.2. The molecule has 0 aromatic carbocycles. The van der Waals surface area contributed by atoms with Gasteiger partial charge in [-0.2, -0.15) is 0 Å². The topological polar surface area (TPSA) is 45.9 Å². The van der Waals surface area contributed by atoms with Gasteiger partial charge in [-0.25, -0.2) is 0 Å². The van der Waals surface area contributed by atoms with Gasteiger partial charge in [-0.3, -0.25) is 0 Å². The Hall–Kier alpha value is -2.24. The zero-order valence-electron chi connectivity index (χ0n) is 21.8. The Morgan fingerprint density at radius 1 is 0.545 bits per heavy atom. The molecule has 3 aromatic heterocycles. The molecule has 0 bridgehead atoms. The summed E-state index contributed by atoms with van der Waals surface area (Å²) in [4.78, 5) is 4.40. The largest absolute Gasteiger partial charge is 0.465 e. The first-order valence-electron chi connectivity index (χ1n) is 12.1.